The molecule has 0 bridgehead atoms. The van der Waals surface area contributed by atoms with Gasteiger partial charge in [0.1, 0.15) is 11.6 Å². The molecule has 2 saturated carbocycles. The highest BCUT2D eigenvalue weighted by molar-refractivity contribution is 6.05. The fourth-order valence-electron chi connectivity index (χ4n) is 7.70. The van der Waals surface area contributed by atoms with Crippen molar-refractivity contribution in [1.29, 1.82) is 0 Å². The molecule has 5 aliphatic rings. The zero-order valence-corrected chi connectivity index (χ0v) is 21.2. The lowest BCUT2D eigenvalue weighted by Gasteiger charge is -2.16. The van der Waals surface area contributed by atoms with E-state index in [9.17, 15) is 0 Å². The van der Waals surface area contributed by atoms with Gasteiger partial charge in [0.05, 0.1) is 28.8 Å². The van der Waals surface area contributed by atoms with Crippen molar-refractivity contribution in [2.24, 2.45) is 11.8 Å². The van der Waals surface area contributed by atoms with Gasteiger partial charge in [-0.25, -0.2) is 9.97 Å². The number of hydrogen-bond donors (Lipinski definition) is 4. The molecule has 5 aromatic rings. The third-order valence-corrected chi connectivity index (χ3v) is 10.0. The van der Waals surface area contributed by atoms with Gasteiger partial charge < -0.3 is 20.6 Å². The molecule has 0 radical (unpaired) electrons. The molecular weight excluding hydrogens is 468 g/mol. The van der Waals surface area contributed by atoms with E-state index in [2.05, 4.69) is 69.1 Å². The second kappa shape index (κ2) is 7.13. The standard InChI is InChI=1S/C32H30N6/c1-5-21-17(3-7-23-29(21)37-31(35-23)27-13-19-11-25(19)33-27)9-15(1)16-2-6-22-18(10-16)4-8-24-30(22)38-32(36-24)28-14-20-12-26(20)34-28/h1-3,5-7,9-10,19-20,25-28,33-34H,4,8,11-14H2,(H,35,37)(H,36,38)/t19-,20-,25-,26-,27+,28+/m1/s1. The van der Waals surface area contributed by atoms with E-state index in [1.807, 2.05) is 0 Å². The maximum atomic E-state index is 5.11. The van der Waals surface area contributed by atoms with Crippen LogP contribution in [0.5, 0.6) is 0 Å². The molecule has 0 amide bonds. The summed E-state index contributed by atoms with van der Waals surface area (Å²) in [6.07, 6.45) is 7.23. The first-order valence-electron chi connectivity index (χ1n) is 14.4. The van der Waals surface area contributed by atoms with Crippen molar-refractivity contribution in [3.63, 3.8) is 0 Å². The number of fused-ring (bicyclic) bond motifs is 8. The smallest absolute Gasteiger partial charge is 0.124 e. The number of aryl methyl sites for hydroxylation is 2. The van der Waals surface area contributed by atoms with E-state index >= 15 is 0 Å². The normalized spacial score (nSPS) is 30.3. The zero-order valence-electron chi connectivity index (χ0n) is 21.2. The maximum absolute atomic E-state index is 5.11. The summed E-state index contributed by atoms with van der Waals surface area (Å²) in [5.41, 5.74) is 9.94. The van der Waals surface area contributed by atoms with Crippen LogP contribution in [0.2, 0.25) is 0 Å². The fourth-order valence-corrected chi connectivity index (χ4v) is 7.70. The van der Waals surface area contributed by atoms with E-state index in [0.29, 0.717) is 12.1 Å². The maximum Gasteiger partial charge on any atom is 0.124 e. The van der Waals surface area contributed by atoms with Gasteiger partial charge in [0, 0.05) is 28.7 Å². The summed E-state index contributed by atoms with van der Waals surface area (Å²) < 4.78 is 0. The number of piperidine rings is 2. The SMILES string of the molecule is c1cc2c(cc1-c1ccc3c(ccc4[nH]c([C@@H]5C[C@H]6C[C@H]6N5)nc43)c1)CCc1[nH]c([C@@H]3C[C@H]4C[C@H]4N3)nc1-2. The highest BCUT2D eigenvalue weighted by Crippen LogP contribution is 2.47. The monoisotopic (exact) mass is 498 g/mol. The summed E-state index contributed by atoms with van der Waals surface area (Å²) in [7, 11) is 0. The van der Waals surface area contributed by atoms with E-state index < -0.39 is 0 Å². The topological polar surface area (TPSA) is 81.4 Å². The molecule has 3 aliphatic carbocycles. The van der Waals surface area contributed by atoms with Crippen LogP contribution in [-0.4, -0.2) is 32.0 Å². The molecule has 38 heavy (non-hydrogen) atoms. The molecule has 0 unspecified atom stereocenters. The molecular formula is C32H30N6. The third-order valence-electron chi connectivity index (χ3n) is 10.0. The number of H-pyrrole nitrogens is 2. The molecule has 6 nitrogen and oxygen atoms in total. The molecule has 4 N–H and O–H groups in total. The first kappa shape index (κ1) is 20.5. The van der Waals surface area contributed by atoms with Crippen LogP contribution >= 0.6 is 0 Å². The molecule has 188 valence electrons. The minimum absolute atomic E-state index is 0.377. The van der Waals surface area contributed by atoms with E-state index in [-0.39, 0.29) is 0 Å². The summed E-state index contributed by atoms with van der Waals surface area (Å²) in [5.74, 6) is 3.97. The molecule has 2 aromatic heterocycles. The number of rotatable bonds is 3. The molecule has 4 fully saturated rings. The fraction of sp³-hybridized carbons (Fsp3) is 0.375. The summed E-state index contributed by atoms with van der Waals surface area (Å²) in [5, 5.41) is 9.95. The second-order valence-corrected chi connectivity index (χ2v) is 12.5. The highest BCUT2D eigenvalue weighted by Gasteiger charge is 2.47. The minimum Gasteiger partial charge on any atom is -0.344 e. The average molecular weight is 499 g/mol. The Morgan fingerprint density at radius 2 is 1.45 bits per heavy atom. The molecule has 0 spiro atoms. The number of aromatic amines is 2. The third kappa shape index (κ3) is 2.96. The summed E-state index contributed by atoms with van der Waals surface area (Å²) >= 11 is 0. The Labute approximate surface area is 220 Å². The van der Waals surface area contributed by atoms with Gasteiger partial charge in [-0.2, -0.15) is 0 Å². The lowest BCUT2D eigenvalue weighted by Crippen LogP contribution is -2.18. The summed E-state index contributed by atoms with van der Waals surface area (Å²) in [6, 6.07) is 20.5. The molecule has 6 heteroatoms. The van der Waals surface area contributed by atoms with Crippen LogP contribution in [0.25, 0.3) is 44.2 Å². The number of nitrogens with one attached hydrogen (secondary N) is 4. The van der Waals surface area contributed by atoms with Gasteiger partial charge in [-0.3, -0.25) is 0 Å². The number of benzene rings is 3. The molecule has 2 saturated heterocycles. The van der Waals surface area contributed by atoms with Crippen molar-refractivity contribution in [3.05, 3.63) is 71.4 Å². The Kier molecular flexibility index (Phi) is 3.84. The first-order chi connectivity index (χ1) is 18.7. The number of imidazole rings is 2. The molecule has 10 rings (SSSR count). The molecule has 4 heterocycles. The van der Waals surface area contributed by atoms with Crippen molar-refractivity contribution >= 4 is 21.8 Å². The van der Waals surface area contributed by atoms with Gasteiger partial charge >= 0.3 is 0 Å². The van der Waals surface area contributed by atoms with Crippen molar-refractivity contribution in [1.82, 2.24) is 30.6 Å². The quantitative estimate of drug-likeness (QED) is 0.257. The number of aromatic nitrogens is 4. The Bertz CT molecular complexity index is 1770. The van der Waals surface area contributed by atoms with Crippen molar-refractivity contribution in [2.75, 3.05) is 0 Å². The van der Waals surface area contributed by atoms with Crippen LogP contribution in [0.3, 0.4) is 0 Å². The van der Waals surface area contributed by atoms with Gasteiger partial charge in [0.2, 0.25) is 0 Å². The van der Waals surface area contributed by atoms with Gasteiger partial charge in [-0.1, -0.05) is 36.4 Å². The zero-order chi connectivity index (χ0) is 24.5. The van der Waals surface area contributed by atoms with Crippen LogP contribution in [-0.2, 0) is 12.8 Å². The van der Waals surface area contributed by atoms with Crippen molar-refractivity contribution in [2.45, 2.75) is 62.7 Å². The minimum atomic E-state index is 0.377. The lowest BCUT2D eigenvalue weighted by molar-refractivity contribution is 0.542. The van der Waals surface area contributed by atoms with E-state index in [1.54, 1.807) is 0 Å². The van der Waals surface area contributed by atoms with Crippen LogP contribution in [0.4, 0.5) is 0 Å². The molecule has 2 aliphatic heterocycles. The van der Waals surface area contributed by atoms with Crippen LogP contribution < -0.4 is 10.6 Å². The Hall–Kier alpha value is -3.48. The predicted octanol–water partition coefficient (Wildman–Crippen LogP) is 5.72. The summed E-state index contributed by atoms with van der Waals surface area (Å²) in [4.78, 5) is 17.4. The molecule has 6 atom stereocenters. The average Bonchev–Trinajstić information content (AvgIpc) is 3.54. The van der Waals surface area contributed by atoms with Crippen molar-refractivity contribution in [3.8, 4) is 22.4 Å². The molecule has 3 aromatic carbocycles. The van der Waals surface area contributed by atoms with Crippen molar-refractivity contribution < 1.29 is 0 Å². The first-order valence-corrected chi connectivity index (χ1v) is 14.4. The number of nitrogens with zero attached hydrogens (tertiary/aromatic N) is 2. The summed E-state index contributed by atoms with van der Waals surface area (Å²) in [6.45, 7) is 0. The van der Waals surface area contributed by atoms with Crippen LogP contribution in [0.1, 0.15) is 60.7 Å². The van der Waals surface area contributed by atoms with E-state index in [1.165, 1.54) is 70.1 Å². The Morgan fingerprint density at radius 3 is 2.24 bits per heavy atom. The Balaban J connectivity index is 0.985. The predicted molar refractivity (Wildman–Crippen MR) is 149 cm³/mol. The second-order valence-electron chi connectivity index (χ2n) is 12.5. The highest BCUT2D eigenvalue weighted by atomic mass is 15.1. The van der Waals surface area contributed by atoms with E-state index in [4.69, 9.17) is 9.97 Å². The lowest BCUT2D eigenvalue weighted by atomic mass is 9.89. The van der Waals surface area contributed by atoms with Crippen LogP contribution in [0, 0.1) is 11.8 Å². The largest absolute Gasteiger partial charge is 0.344 e. The van der Waals surface area contributed by atoms with E-state index in [0.717, 1.165) is 59.4 Å². The van der Waals surface area contributed by atoms with Gasteiger partial charge in [-0.15, -0.1) is 0 Å². The van der Waals surface area contributed by atoms with Gasteiger partial charge in [0.15, 0.2) is 0 Å². The van der Waals surface area contributed by atoms with Crippen LogP contribution in [0.15, 0.2) is 48.5 Å². The number of hydrogen-bond acceptors (Lipinski definition) is 4. The Morgan fingerprint density at radius 1 is 0.684 bits per heavy atom. The van der Waals surface area contributed by atoms with Gasteiger partial charge in [-0.05, 0) is 84.6 Å². The van der Waals surface area contributed by atoms with Gasteiger partial charge in [0.25, 0.3) is 0 Å².